The number of ether oxygens (including phenoxy) is 3. The molecule has 0 aromatic rings. The van der Waals surface area contributed by atoms with Gasteiger partial charge in [0, 0.05) is 0 Å². The minimum absolute atomic E-state index is 0.137. The molecule has 3 nitrogen and oxygen atoms in total. The highest BCUT2D eigenvalue weighted by atomic mass is 32.1. The van der Waals surface area contributed by atoms with Crippen molar-refractivity contribution in [3.63, 3.8) is 0 Å². The molecule has 0 radical (unpaired) electrons. The molecule has 0 amide bonds. The van der Waals surface area contributed by atoms with Gasteiger partial charge in [0.05, 0.1) is 12.2 Å². The molecule has 3 aliphatic rings. The van der Waals surface area contributed by atoms with E-state index in [1.165, 1.54) is 19.3 Å². The van der Waals surface area contributed by atoms with Crippen LogP contribution in [0.1, 0.15) is 32.1 Å². The van der Waals surface area contributed by atoms with E-state index in [2.05, 4.69) is 12.6 Å². The lowest BCUT2D eigenvalue weighted by molar-refractivity contribution is -0.255. The van der Waals surface area contributed by atoms with Crippen molar-refractivity contribution >= 4 is 12.6 Å². The van der Waals surface area contributed by atoms with Crippen LogP contribution in [0.25, 0.3) is 0 Å². The maximum atomic E-state index is 5.58. The molecule has 1 saturated carbocycles. The third-order valence-electron chi connectivity index (χ3n) is 3.10. The largest absolute Gasteiger partial charge is 0.335 e. The van der Waals surface area contributed by atoms with Crippen molar-refractivity contribution in [3.05, 3.63) is 0 Å². The van der Waals surface area contributed by atoms with E-state index in [-0.39, 0.29) is 18.3 Å². The number of hydrogen-bond donors (Lipinski definition) is 1. The second-order valence-corrected chi connectivity index (χ2v) is 4.60. The Morgan fingerprint density at radius 3 is 2.08 bits per heavy atom. The molecule has 74 valence electrons. The summed E-state index contributed by atoms with van der Waals surface area (Å²) in [4.78, 5) is 0. The van der Waals surface area contributed by atoms with Gasteiger partial charge in [-0.2, -0.15) is 0 Å². The maximum absolute atomic E-state index is 5.58. The zero-order chi connectivity index (χ0) is 8.89. The van der Waals surface area contributed by atoms with Crippen molar-refractivity contribution in [2.45, 2.75) is 55.7 Å². The zero-order valence-electron chi connectivity index (χ0n) is 7.44. The summed E-state index contributed by atoms with van der Waals surface area (Å²) in [5, 5.41) is -1.02. The first-order valence-corrected chi connectivity index (χ1v) is 5.47. The number of hydrogen-bond acceptors (Lipinski definition) is 4. The van der Waals surface area contributed by atoms with Crippen molar-refractivity contribution in [1.29, 1.82) is 0 Å². The van der Waals surface area contributed by atoms with Crippen molar-refractivity contribution in [1.82, 2.24) is 0 Å². The average molecular weight is 202 g/mol. The molecule has 1 aliphatic carbocycles. The summed E-state index contributed by atoms with van der Waals surface area (Å²) in [5.74, 6) is 0. The van der Waals surface area contributed by atoms with E-state index in [0.29, 0.717) is 0 Å². The lowest BCUT2D eigenvalue weighted by Crippen LogP contribution is -2.41. The molecule has 3 fully saturated rings. The molecule has 0 aromatic carbocycles. The van der Waals surface area contributed by atoms with Crippen LogP contribution >= 0.6 is 12.6 Å². The van der Waals surface area contributed by atoms with Gasteiger partial charge in [-0.15, -0.1) is 0 Å². The van der Waals surface area contributed by atoms with Gasteiger partial charge < -0.3 is 14.2 Å². The van der Waals surface area contributed by atoms with E-state index in [0.717, 1.165) is 12.8 Å². The monoisotopic (exact) mass is 202 g/mol. The Morgan fingerprint density at radius 1 is 0.923 bits per heavy atom. The molecule has 0 aromatic heterocycles. The van der Waals surface area contributed by atoms with Gasteiger partial charge in [-0.05, 0) is 12.8 Å². The first-order valence-electron chi connectivity index (χ1n) is 5.03. The Morgan fingerprint density at radius 2 is 1.54 bits per heavy atom. The third kappa shape index (κ3) is 1.31. The van der Waals surface area contributed by atoms with Gasteiger partial charge in [-0.25, -0.2) is 0 Å². The molecule has 2 aliphatic heterocycles. The summed E-state index contributed by atoms with van der Waals surface area (Å²) in [5.41, 5.74) is 0. The van der Waals surface area contributed by atoms with E-state index in [4.69, 9.17) is 14.2 Å². The van der Waals surface area contributed by atoms with Crippen LogP contribution in [0.5, 0.6) is 0 Å². The molecule has 3 rings (SSSR count). The van der Waals surface area contributed by atoms with Crippen LogP contribution in [0.3, 0.4) is 0 Å². The minimum Gasteiger partial charge on any atom is -0.313 e. The molecule has 0 N–H and O–H groups in total. The normalized spacial score (nSPS) is 54.7. The van der Waals surface area contributed by atoms with Gasteiger partial charge >= 0.3 is 5.31 Å². The predicted octanol–water partition coefficient (Wildman–Crippen LogP) is 1.67. The second kappa shape index (κ2) is 2.86. The Kier molecular flexibility index (Phi) is 1.88. The zero-order valence-corrected chi connectivity index (χ0v) is 8.33. The molecular weight excluding hydrogens is 188 g/mol. The third-order valence-corrected chi connectivity index (χ3v) is 3.41. The van der Waals surface area contributed by atoms with Gasteiger partial charge in [0.25, 0.3) is 0 Å². The fourth-order valence-corrected chi connectivity index (χ4v) is 2.87. The predicted molar refractivity (Wildman–Crippen MR) is 49.4 cm³/mol. The average Bonchev–Trinajstić information content (AvgIpc) is 2.54. The molecule has 4 heteroatoms. The molecule has 2 bridgehead atoms. The van der Waals surface area contributed by atoms with Crippen molar-refractivity contribution in [3.8, 4) is 0 Å². The van der Waals surface area contributed by atoms with Gasteiger partial charge in [0.2, 0.25) is 0 Å². The SMILES string of the molecule is SC12OC3CCCCC[C@@H](O1)[C@@H]3O2. The van der Waals surface area contributed by atoms with Gasteiger partial charge in [-0.1, -0.05) is 31.9 Å². The first-order chi connectivity index (χ1) is 6.27. The fourth-order valence-electron chi connectivity index (χ4n) is 2.48. The van der Waals surface area contributed by atoms with Crippen LogP contribution in [-0.2, 0) is 14.2 Å². The van der Waals surface area contributed by atoms with Crippen LogP contribution in [0.4, 0.5) is 0 Å². The summed E-state index contributed by atoms with van der Waals surface area (Å²) >= 11 is 4.25. The van der Waals surface area contributed by atoms with Crippen LogP contribution in [0, 0.1) is 0 Å². The smallest absolute Gasteiger partial charge is 0.313 e. The van der Waals surface area contributed by atoms with Gasteiger partial charge in [0.1, 0.15) is 6.10 Å². The van der Waals surface area contributed by atoms with Gasteiger partial charge in [-0.3, -0.25) is 0 Å². The Balaban J connectivity index is 1.83. The summed E-state index contributed by atoms with van der Waals surface area (Å²) in [6.45, 7) is 0. The highest BCUT2D eigenvalue weighted by molar-refractivity contribution is 7.81. The van der Waals surface area contributed by atoms with E-state index >= 15 is 0 Å². The molecule has 2 heterocycles. The van der Waals surface area contributed by atoms with Crippen LogP contribution in [-0.4, -0.2) is 23.6 Å². The van der Waals surface area contributed by atoms with Crippen LogP contribution in [0.15, 0.2) is 0 Å². The van der Waals surface area contributed by atoms with E-state index in [1.54, 1.807) is 0 Å². The first kappa shape index (κ1) is 8.53. The Hall–Kier alpha value is 0.230. The number of rotatable bonds is 0. The quantitative estimate of drug-likeness (QED) is 0.606. The standard InChI is InChI=1S/C9H14O3S/c13-9-10-6-4-2-1-3-5-7(11-9)8(6)12-9/h6-8,13H,1-5H2/t6-,7?,8+,9?/m1/s1. The molecule has 0 spiro atoms. The highest BCUT2D eigenvalue weighted by Crippen LogP contribution is 2.46. The minimum atomic E-state index is -1.02. The highest BCUT2D eigenvalue weighted by Gasteiger charge is 2.58. The molecular formula is C9H14O3S. The summed E-state index contributed by atoms with van der Waals surface area (Å²) in [7, 11) is 0. The van der Waals surface area contributed by atoms with Crippen LogP contribution < -0.4 is 0 Å². The Bertz CT molecular complexity index is 199. The molecule has 2 unspecified atom stereocenters. The van der Waals surface area contributed by atoms with Crippen molar-refractivity contribution in [2.24, 2.45) is 0 Å². The summed E-state index contributed by atoms with van der Waals surface area (Å²) in [6.07, 6.45) is 6.51. The molecule has 4 atom stereocenters. The lowest BCUT2D eigenvalue weighted by atomic mass is 9.94. The van der Waals surface area contributed by atoms with E-state index < -0.39 is 5.31 Å². The maximum Gasteiger partial charge on any atom is 0.335 e. The number of thiol groups is 1. The lowest BCUT2D eigenvalue weighted by Gasteiger charge is -2.30. The van der Waals surface area contributed by atoms with E-state index in [1.807, 2.05) is 0 Å². The van der Waals surface area contributed by atoms with Crippen molar-refractivity contribution < 1.29 is 14.2 Å². The summed E-state index contributed by atoms with van der Waals surface area (Å²) < 4.78 is 16.7. The Labute approximate surface area is 83.1 Å². The number of fused-ring (bicyclic) bond motifs is 1. The second-order valence-electron chi connectivity index (χ2n) is 4.06. The van der Waals surface area contributed by atoms with E-state index in [9.17, 15) is 0 Å². The topological polar surface area (TPSA) is 27.7 Å². The fraction of sp³-hybridized carbons (Fsp3) is 1.00. The molecule has 13 heavy (non-hydrogen) atoms. The van der Waals surface area contributed by atoms with Crippen LogP contribution in [0.2, 0.25) is 0 Å². The summed E-state index contributed by atoms with van der Waals surface area (Å²) in [6, 6.07) is 0. The van der Waals surface area contributed by atoms with Gasteiger partial charge in [0.15, 0.2) is 0 Å². The molecule has 2 saturated heterocycles. The van der Waals surface area contributed by atoms with Crippen molar-refractivity contribution in [2.75, 3.05) is 0 Å².